The number of hydrogen-bond donors (Lipinski definition) is 3. The van der Waals surface area contributed by atoms with Crippen molar-refractivity contribution in [1.82, 2.24) is 19.9 Å². The second-order valence-electron chi connectivity index (χ2n) is 11.3. The molecule has 10 nitrogen and oxygen atoms in total. The zero-order valence-electron chi connectivity index (χ0n) is 24.4. The third-order valence-electron chi connectivity index (χ3n) is 7.07. The van der Waals surface area contributed by atoms with Crippen LogP contribution in [0.2, 0.25) is 0 Å². The molecule has 13 heteroatoms. The van der Waals surface area contributed by atoms with Crippen molar-refractivity contribution in [2.45, 2.75) is 89.3 Å². The molecule has 2 aliphatic rings. The van der Waals surface area contributed by atoms with Crippen LogP contribution in [0, 0.1) is 5.92 Å². The molecule has 0 bridgehead atoms. The molecule has 228 valence electrons. The SMILES string of the molecule is CCNS(=O)(=O)c1cc(N[C@H]2CN(CC(C)C)C2=O)ccc1-c1cnc(C2CCC(NC(=O)OC(C)C)CC2)s1.S. The fraction of sp³-hybridized carbons (Fsp3) is 0.607. The first kappa shape index (κ1) is 33.2. The summed E-state index contributed by atoms with van der Waals surface area (Å²) < 4.78 is 34.2. The topological polar surface area (TPSA) is 130 Å². The van der Waals surface area contributed by atoms with Gasteiger partial charge in [-0.2, -0.15) is 13.5 Å². The highest BCUT2D eigenvalue weighted by Gasteiger charge is 2.37. The maximum absolute atomic E-state index is 13.2. The van der Waals surface area contributed by atoms with Crippen LogP contribution in [0.5, 0.6) is 0 Å². The normalized spacial score (nSPS) is 20.9. The van der Waals surface area contributed by atoms with Gasteiger partial charge in [0.1, 0.15) is 6.04 Å². The van der Waals surface area contributed by atoms with Gasteiger partial charge in [0.25, 0.3) is 0 Å². The third-order valence-corrected chi connectivity index (χ3v) is 9.85. The highest BCUT2D eigenvalue weighted by molar-refractivity contribution is 7.89. The minimum atomic E-state index is -3.78. The summed E-state index contributed by atoms with van der Waals surface area (Å²) in [5.41, 5.74) is 1.18. The molecule has 1 aromatic heterocycles. The lowest BCUT2D eigenvalue weighted by Gasteiger charge is -2.40. The summed E-state index contributed by atoms with van der Waals surface area (Å²) in [6.07, 6.45) is 4.65. The number of aromatic nitrogens is 1. The van der Waals surface area contributed by atoms with Gasteiger partial charge in [-0.1, -0.05) is 26.8 Å². The molecule has 2 heterocycles. The Morgan fingerprint density at radius 2 is 1.88 bits per heavy atom. The Labute approximate surface area is 254 Å². The molecule has 1 aromatic carbocycles. The quantitative estimate of drug-likeness (QED) is 0.310. The molecule has 2 fully saturated rings. The number of nitrogens with one attached hydrogen (secondary N) is 3. The van der Waals surface area contributed by atoms with Crippen LogP contribution in [0.4, 0.5) is 10.5 Å². The van der Waals surface area contributed by atoms with Gasteiger partial charge in [0.05, 0.1) is 20.9 Å². The van der Waals surface area contributed by atoms with Gasteiger partial charge in [-0.3, -0.25) is 4.79 Å². The average molecular weight is 626 g/mol. The maximum Gasteiger partial charge on any atom is 0.407 e. The summed E-state index contributed by atoms with van der Waals surface area (Å²) in [5, 5.41) is 7.13. The Balaban J connectivity index is 0.00000462. The molecule has 4 rings (SSSR count). The van der Waals surface area contributed by atoms with E-state index in [0.717, 1.165) is 35.6 Å². The number of hydrogen-bond acceptors (Lipinski definition) is 8. The van der Waals surface area contributed by atoms with Gasteiger partial charge in [0, 0.05) is 49.0 Å². The fourth-order valence-electron chi connectivity index (χ4n) is 5.22. The molecule has 2 amide bonds. The van der Waals surface area contributed by atoms with E-state index in [2.05, 4.69) is 34.2 Å². The van der Waals surface area contributed by atoms with Gasteiger partial charge in [-0.05, 0) is 57.6 Å². The number of benzene rings is 1. The molecule has 0 radical (unpaired) electrons. The number of likely N-dealkylation sites (tertiary alicyclic amines) is 1. The molecule has 1 atom stereocenters. The number of sulfonamides is 1. The van der Waals surface area contributed by atoms with Crippen LogP contribution in [0.1, 0.15) is 71.2 Å². The van der Waals surface area contributed by atoms with E-state index in [-0.39, 0.29) is 61.0 Å². The molecule has 1 aliphatic carbocycles. The first-order valence-electron chi connectivity index (χ1n) is 14.1. The standard InChI is InChI=1S/C28H41N5O5S2.H2S/c1-6-30-40(36,37)25-13-21(31-23-16-33(27(23)34)15-17(2)3)11-12-22(25)24-14-29-26(39-24)19-7-9-20(10-8-19)32-28(35)38-18(4)5;/h11-14,17-20,23,30-31H,6-10,15-16H2,1-5H3,(H,32,35);1H2/t19?,20?,23-;/m0./s1. The van der Waals surface area contributed by atoms with Crippen LogP contribution < -0.4 is 15.4 Å². The van der Waals surface area contributed by atoms with Crippen molar-refractivity contribution in [3.8, 4) is 10.4 Å². The maximum atomic E-state index is 13.2. The number of carbonyl (C=O) groups excluding carboxylic acids is 2. The lowest BCUT2D eigenvalue weighted by atomic mass is 9.86. The van der Waals surface area contributed by atoms with E-state index in [0.29, 0.717) is 30.3 Å². The van der Waals surface area contributed by atoms with Gasteiger partial charge in [-0.15, -0.1) is 11.3 Å². The number of nitrogens with zero attached hydrogens (tertiary/aromatic N) is 2. The number of amides is 2. The summed E-state index contributed by atoms with van der Waals surface area (Å²) in [6, 6.07) is 4.95. The average Bonchev–Trinajstić information content (AvgIpc) is 3.37. The van der Waals surface area contributed by atoms with Crippen LogP contribution in [0.3, 0.4) is 0 Å². The van der Waals surface area contributed by atoms with Crippen LogP contribution in [0.15, 0.2) is 29.3 Å². The molecule has 0 unspecified atom stereocenters. The molecule has 1 saturated carbocycles. The Morgan fingerprint density at radius 3 is 2.49 bits per heavy atom. The predicted molar refractivity (Wildman–Crippen MR) is 167 cm³/mol. The lowest BCUT2D eigenvalue weighted by molar-refractivity contribution is -0.141. The number of anilines is 1. The highest BCUT2D eigenvalue weighted by Crippen LogP contribution is 2.40. The van der Waals surface area contributed by atoms with Gasteiger partial charge >= 0.3 is 6.09 Å². The first-order chi connectivity index (χ1) is 19.0. The Bertz CT molecular complexity index is 1310. The van der Waals surface area contributed by atoms with E-state index in [1.807, 2.05) is 24.8 Å². The molecular weight excluding hydrogens is 583 g/mol. The van der Waals surface area contributed by atoms with Gasteiger partial charge in [0.2, 0.25) is 15.9 Å². The summed E-state index contributed by atoms with van der Waals surface area (Å²) >= 11 is 1.51. The molecule has 2 aromatic rings. The largest absolute Gasteiger partial charge is 0.447 e. The number of rotatable bonds is 11. The minimum Gasteiger partial charge on any atom is -0.447 e. The van der Waals surface area contributed by atoms with Crippen LogP contribution in [-0.2, 0) is 19.6 Å². The lowest BCUT2D eigenvalue weighted by Crippen LogP contribution is -2.60. The number of alkyl carbamates (subject to hydrolysis) is 1. The van der Waals surface area contributed by atoms with Crippen molar-refractivity contribution >= 4 is 52.5 Å². The number of thiazole rings is 1. The zero-order chi connectivity index (χ0) is 29.0. The van der Waals surface area contributed by atoms with Crippen molar-refractivity contribution in [1.29, 1.82) is 0 Å². The van der Waals surface area contributed by atoms with E-state index >= 15 is 0 Å². The smallest absolute Gasteiger partial charge is 0.407 e. The van der Waals surface area contributed by atoms with Crippen molar-refractivity contribution in [3.05, 3.63) is 29.4 Å². The Kier molecular flexibility index (Phi) is 11.5. The van der Waals surface area contributed by atoms with Crippen LogP contribution >= 0.6 is 24.8 Å². The van der Waals surface area contributed by atoms with E-state index in [1.165, 1.54) is 11.3 Å². The second-order valence-corrected chi connectivity index (χ2v) is 14.1. The molecule has 1 aliphatic heterocycles. The van der Waals surface area contributed by atoms with E-state index in [1.54, 1.807) is 25.3 Å². The van der Waals surface area contributed by atoms with Crippen LogP contribution in [0.25, 0.3) is 10.4 Å². The van der Waals surface area contributed by atoms with E-state index in [9.17, 15) is 18.0 Å². The Hall–Kier alpha value is -2.35. The number of carbonyl (C=O) groups is 2. The summed E-state index contributed by atoms with van der Waals surface area (Å²) in [7, 11) is -3.78. The van der Waals surface area contributed by atoms with E-state index in [4.69, 9.17) is 4.74 Å². The third kappa shape index (κ3) is 8.36. The highest BCUT2D eigenvalue weighted by atomic mass is 32.2. The fourth-order valence-corrected chi connectivity index (χ4v) is 7.69. The summed E-state index contributed by atoms with van der Waals surface area (Å²) in [6.45, 7) is 11.1. The van der Waals surface area contributed by atoms with Crippen molar-refractivity contribution in [3.63, 3.8) is 0 Å². The molecule has 3 N–H and O–H groups in total. The van der Waals surface area contributed by atoms with Gasteiger partial charge in [-0.25, -0.2) is 22.9 Å². The number of ether oxygens (including phenoxy) is 1. The second kappa shape index (κ2) is 14.2. The molecule has 0 spiro atoms. The van der Waals surface area contributed by atoms with Gasteiger partial charge < -0.3 is 20.3 Å². The van der Waals surface area contributed by atoms with E-state index < -0.39 is 10.0 Å². The zero-order valence-corrected chi connectivity index (χ0v) is 27.0. The molecule has 41 heavy (non-hydrogen) atoms. The minimum absolute atomic E-state index is 0. The van der Waals surface area contributed by atoms with Crippen molar-refractivity contribution < 1.29 is 22.7 Å². The predicted octanol–water partition coefficient (Wildman–Crippen LogP) is 4.66. The Morgan fingerprint density at radius 1 is 1.17 bits per heavy atom. The monoisotopic (exact) mass is 625 g/mol. The summed E-state index contributed by atoms with van der Waals surface area (Å²) in [4.78, 5) is 31.9. The number of β-lactam (4-membered cyclic amide) rings is 1. The summed E-state index contributed by atoms with van der Waals surface area (Å²) in [5.74, 6) is 0.680. The van der Waals surface area contributed by atoms with Crippen LogP contribution in [-0.4, -0.2) is 68.1 Å². The van der Waals surface area contributed by atoms with Gasteiger partial charge in [0.15, 0.2) is 0 Å². The first-order valence-corrected chi connectivity index (χ1v) is 16.4. The molecular formula is C28H43N5O5S3. The van der Waals surface area contributed by atoms with Crippen molar-refractivity contribution in [2.75, 3.05) is 25.0 Å². The van der Waals surface area contributed by atoms with Crippen molar-refractivity contribution in [2.24, 2.45) is 5.92 Å². The molecule has 1 saturated heterocycles.